The van der Waals surface area contributed by atoms with Gasteiger partial charge in [0.2, 0.25) is 16.0 Å². The average Bonchev–Trinajstić information content (AvgIpc) is 2.61. The fourth-order valence-electron chi connectivity index (χ4n) is 2.48. The Kier molecular flexibility index (Phi) is 5.67. The van der Waals surface area contributed by atoms with Gasteiger partial charge in [-0.1, -0.05) is 15.9 Å². The Balaban J connectivity index is 1.74. The molecule has 0 unspecified atom stereocenters. The standard InChI is InChI=1S/C16H19BrN4O3S/c1-12-10-14(20-16(19-12)21-6-8-24-9-7-21)11-18-25(22,23)15-4-2-13(17)3-5-15/h2-5,10,18H,6-9,11H2,1H3. The van der Waals surface area contributed by atoms with E-state index in [4.69, 9.17) is 4.74 Å². The highest BCUT2D eigenvalue weighted by molar-refractivity contribution is 9.10. The second-order valence-electron chi connectivity index (χ2n) is 5.68. The van der Waals surface area contributed by atoms with Gasteiger partial charge in [0.25, 0.3) is 0 Å². The maximum absolute atomic E-state index is 12.4. The van der Waals surface area contributed by atoms with Gasteiger partial charge in [-0.25, -0.2) is 23.1 Å². The first kappa shape index (κ1) is 18.2. The Hall–Kier alpha value is -1.55. The van der Waals surface area contributed by atoms with E-state index in [2.05, 4.69) is 30.6 Å². The molecule has 0 amide bonds. The average molecular weight is 427 g/mol. The number of hydrogen-bond donors (Lipinski definition) is 1. The molecule has 9 heteroatoms. The Labute approximate surface area is 155 Å². The van der Waals surface area contributed by atoms with E-state index < -0.39 is 10.0 Å². The minimum Gasteiger partial charge on any atom is -0.378 e. The maximum Gasteiger partial charge on any atom is 0.240 e. The van der Waals surface area contributed by atoms with Crippen LogP contribution in [0.2, 0.25) is 0 Å². The molecule has 1 aliphatic rings. The SMILES string of the molecule is Cc1cc(CNS(=O)(=O)c2ccc(Br)cc2)nc(N2CCOCC2)n1. The third kappa shape index (κ3) is 4.75. The van der Waals surface area contributed by atoms with Crippen LogP contribution in [0.1, 0.15) is 11.4 Å². The summed E-state index contributed by atoms with van der Waals surface area (Å²) in [5.74, 6) is 0.612. The number of rotatable bonds is 5. The molecule has 2 aromatic rings. The zero-order chi connectivity index (χ0) is 17.9. The number of aryl methyl sites for hydroxylation is 1. The molecular weight excluding hydrogens is 408 g/mol. The molecule has 0 saturated carbocycles. The lowest BCUT2D eigenvalue weighted by molar-refractivity contribution is 0.122. The molecule has 2 heterocycles. The van der Waals surface area contributed by atoms with E-state index in [1.54, 1.807) is 30.3 Å². The minimum absolute atomic E-state index is 0.110. The summed E-state index contributed by atoms with van der Waals surface area (Å²) in [6, 6.07) is 8.28. The molecule has 3 rings (SSSR count). The van der Waals surface area contributed by atoms with E-state index in [0.29, 0.717) is 24.9 Å². The summed E-state index contributed by atoms with van der Waals surface area (Å²) >= 11 is 3.30. The molecule has 0 aliphatic carbocycles. The van der Waals surface area contributed by atoms with E-state index in [0.717, 1.165) is 23.3 Å². The number of nitrogens with one attached hydrogen (secondary N) is 1. The highest BCUT2D eigenvalue weighted by Crippen LogP contribution is 2.16. The van der Waals surface area contributed by atoms with Crippen molar-refractivity contribution in [3.05, 3.63) is 46.2 Å². The molecule has 1 aliphatic heterocycles. The van der Waals surface area contributed by atoms with Gasteiger partial charge >= 0.3 is 0 Å². The van der Waals surface area contributed by atoms with Crippen molar-refractivity contribution < 1.29 is 13.2 Å². The van der Waals surface area contributed by atoms with Crippen LogP contribution in [0.25, 0.3) is 0 Å². The zero-order valence-corrected chi connectivity index (χ0v) is 16.2. The quantitative estimate of drug-likeness (QED) is 0.785. The molecule has 1 saturated heterocycles. The summed E-state index contributed by atoms with van der Waals surface area (Å²) in [7, 11) is -3.59. The van der Waals surface area contributed by atoms with Crippen LogP contribution >= 0.6 is 15.9 Å². The lowest BCUT2D eigenvalue weighted by Gasteiger charge is -2.27. The monoisotopic (exact) mass is 426 g/mol. The predicted octanol–water partition coefficient (Wildman–Crippen LogP) is 1.86. The fourth-order valence-corrected chi connectivity index (χ4v) is 3.74. The van der Waals surface area contributed by atoms with Crippen LogP contribution in [-0.4, -0.2) is 44.7 Å². The summed E-state index contributed by atoms with van der Waals surface area (Å²) in [6.07, 6.45) is 0. The summed E-state index contributed by atoms with van der Waals surface area (Å²) in [5, 5.41) is 0. The van der Waals surface area contributed by atoms with Crippen molar-refractivity contribution >= 4 is 31.9 Å². The number of ether oxygens (including phenoxy) is 1. The first-order chi connectivity index (χ1) is 11.9. The summed E-state index contributed by atoms with van der Waals surface area (Å²) < 4.78 is 33.5. The van der Waals surface area contributed by atoms with Crippen LogP contribution in [0.3, 0.4) is 0 Å². The lowest BCUT2D eigenvalue weighted by atomic mass is 10.3. The molecular formula is C16H19BrN4O3S. The normalized spacial score (nSPS) is 15.4. The number of halogens is 1. The number of aromatic nitrogens is 2. The first-order valence-electron chi connectivity index (χ1n) is 7.86. The van der Waals surface area contributed by atoms with E-state index in [-0.39, 0.29) is 11.4 Å². The van der Waals surface area contributed by atoms with Crippen molar-refractivity contribution in [3.8, 4) is 0 Å². The molecule has 7 nitrogen and oxygen atoms in total. The van der Waals surface area contributed by atoms with Crippen molar-refractivity contribution in [3.63, 3.8) is 0 Å². The molecule has 0 bridgehead atoms. The van der Waals surface area contributed by atoms with E-state index in [9.17, 15) is 8.42 Å². The van der Waals surface area contributed by atoms with Gasteiger partial charge in [-0.3, -0.25) is 0 Å². The Morgan fingerprint density at radius 2 is 1.88 bits per heavy atom. The van der Waals surface area contributed by atoms with Gasteiger partial charge in [-0.15, -0.1) is 0 Å². The number of nitrogens with zero attached hydrogens (tertiary/aromatic N) is 3. The number of anilines is 1. The highest BCUT2D eigenvalue weighted by Gasteiger charge is 2.17. The molecule has 0 spiro atoms. The number of benzene rings is 1. The second-order valence-corrected chi connectivity index (χ2v) is 8.36. The largest absolute Gasteiger partial charge is 0.378 e. The summed E-state index contributed by atoms with van der Waals surface area (Å²) in [4.78, 5) is 11.2. The van der Waals surface area contributed by atoms with Gasteiger partial charge in [0, 0.05) is 23.3 Å². The topological polar surface area (TPSA) is 84.4 Å². The second kappa shape index (κ2) is 7.77. The van der Waals surface area contributed by atoms with Crippen LogP contribution in [0.4, 0.5) is 5.95 Å². The molecule has 134 valence electrons. The van der Waals surface area contributed by atoms with Crippen molar-refractivity contribution in [2.75, 3.05) is 31.2 Å². The van der Waals surface area contributed by atoms with Gasteiger partial charge in [0.1, 0.15) is 0 Å². The van der Waals surface area contributed by atoms with Gasteiger partial charge in [-0.05, 0) is 37.3 Å². The van der Waals surface area contributed by atoms with Crippen molar-refractivity contribution in [1.29, 1.82) is 0 Å². The van der Waals surface area contributed by atoms with Crippen molar-refractivity contribution in [2.45, 2.75) is 18.4 Å². The zero-order valence-electron chi connectivity index (χ0n) is 13.8. The molecule has 1 N–H and O–H groups in total. The predicted molar refractivity (Wildman–Crippen MR) is 98.0 cm³/mol. The minimum atomic E-state index is -3.59. The molecule has 1 aromatic heterocycles. The van der Waals surface area contributed by atoms with Gasteiger partial charge in [0.05, 0.1) is 30.3 Å². The lowest BCUT2D eigenvalue weighted by Crippen LogP contribution is -2.37. The van der Waals surface area contributed by atoms with Crippen LogP contribution < -0.4 is 9.62 Å². The number of hydrogen-bond acceptors (Lipinski definition) is 6. The first-order valence-corrected chi connectivity index (χ1v) is 10.1. The number of sulfonamides is 1. The Morgan fingerprint density at radius 3 is 2.56 bits per heavy atom. The molecule has 0 radical (unpaired) electrons. The fraction of sp³-hybridized carbons (Fsp3) is 0.375. The van der Waals surface area contributed by atoms with E-state index in [1.165, 1.54) is 0 Å². The molecule has 1 aromatic carbocycles. The third-order valence-corrected chi connectivity index (χ3v) is 5.70. The van der Waals surface area contributed by atoms with Crippen LogP contribution in [0, 0.1) is 6.92 Å². The third-order valence-electron chi connectivity index (χ3n) is 3.76. The van der Waals surface area contributed by atoms with Crippen LogP contribution in [0.15, 0.2) is 39.7 Å². The molecule has 1 fully saturated rings. The van der Waals surface area contributed by atoms with Gasteiger partial charge in [0.15, 0.2) is 0 Å². The summed E-state index contributed by atoms with van der Waals surface area (Å²) in [5.41, 5.74) is 1.43. The summed E-state index contributed by atoms with van der Waals surface area (Å²) in [6.45, 7) is 4.73. The van der Waals surface area contributed by atoms with Crippen LogP contribution in [0.5, 0.6) is 0 Å². The molecule has 25 heavy (non-hydrogen) atoms. The van der Waals surface area contributed by atoms with Crippen molar-refractivity contribution in [2.24, 2.45) is 0 Å². The highest BCUT2D eigenvalue weighted by atomic mass is 79.9. The smallest absolute Gasteiger partial charge is 0.240 e. The van der Waals surface area contributed by atoms with E-state index >= 15 is 0 Å². The number of morpholine rings is 1. The maximum atomic E-state index is 12.4. The van der Waals surface area contributed by atoms with E-state index in [1.807, 2.05) is 11.8 Å². The van der Waals surface area contributed by atoms with Crippen molar-refractivity contribution in [1.82, 2.24) is 14.7 Å². The van der Waals surface area contributed by atoms with Gasteiger partial charge in [-0.2, -0.15) is 0 Å². The molecule has 0 atom stereocenters. The Bertz CT molecular complexity index is 837. The van der Waals surface area contributed by atoms with Gasteiger partial charge < -0.3 is 9.64 Å². The Morgan fingerprint density at radius 1 is 1.20 bits per heavy atom. The van der Waals surface area contributed by atoms with Crippen LogP contribution in [-0.2, 0) is 21.3 Å².